The van der Waals surface area contributed by atoms with Gasteiger partial charge in [-0.2, -0.15) is 10.2 Å². The Balaban J connectivity index is 1.33. The maximum absolute atomic E-state index is 12.4. The zero-order valence-corrected chi connectivity index (χ0v) is 19.3. The Labute approximate surface area is 202 Å². The van der Waals surface area contributed by atoms with Gasteiger partial charge in [-0.25, -0.2) is 5.43 Å². The summed E-state index contributed by atoms with van der Waals surface area (Å²) in [6, 6.07) is 26.6. The fourth-order valence-corrected chi connectivity index (χ4v) is 3.38. The first-order valence-electron chi connectivity index (χ1n) is 10.7. The number of benzene rings is 3. The molecule has 0 aliphatic carbocycles. The molecule has 34 heavy (non-hydrogen) atoms. The largest absolute Gasteiger partial charge is 0.489 e. The van der Waals surface area contributed by atoms with Crippen LogP contribution in [0, 0.1) is 0 Å². The second kappa shape index (κ2) is 11.1. The van der Waals surface area contributed by atoms with Gasteiger partial charge in [0.2, 0.25) is 0 Å². The van der Waals surface area contributed by atoms with E-state index in [9.17, 15) is 4.79 Å². The number of aromatic amines is 1. The number of ether oxygens (including phenoxy) is 1. The second-order valence-electron chi connectivity index (χ2n) is 7.57. The molecule has 0 aliphatic rings. The number of rotatable bonds is 8. The van der Waals surface area contributed by atoms with E-state index in [1.807, 2.05) is 91.9 Å². The number of nitrogens with one attached hydrogen (secondary N) is 2. The topological polar surface area (TPSA) is 79.4 Å². The highest BCUT2D eigenvalue weighted by Gasteiger charge is 2.10. The molecule has 7 heteroatoms. The maximum atomic E-state index is 12.4. The lowest BCUT2D eigenvalue weighted by molar-refractivity contribution is 0.0950. The van der Waals surface area contributed by atoms with Gasteiger partial charge in [0.1, 0.15) is 18.1 Å². The molecule has 0 fully saturated rings. The molecule has 0 atom stereocenters. The number of H-pyrrole nitrogens is 1. The van der Waals surface area contributed by atoms with Crippen LogP contribution in [0.25, 0.3) is 17.3 Å². The van der Waals surface area contributed by atoms with Gasteiger partial charge in [-0.05, 0) is 54.5 Å². The predicted octanol–water partition coefficient (Wildman–Crippen LogP) is 6.13. The van der Waals surface area contributed by atoms with Crippen molar-refractivity contribution in [1.82, 2.24) is 15.6 Å². The van der Waals surface area contributed by atoms with Gasteiger partial charge in [0.15, 0.2) is 0 Å². The molecule has 2 N–H and O–H groups in total. The number of halogens is 1. The van der Waals surface area contributed by atoms with Gasteiger partial charge in [0.25, 0.3) is 5.91 Å². The number of carbonyl (C=O) groups excluding carboxylic acids is 1. The van der Waals surface area contributed by atoms with E-state index in [1.54, 1.807) is 12.3 Å². The molecule has 0 radical (unpaired) electrons. The molecule has 0 saturated carbocycles. The number of hydrazone groups is 1. The normalized spacial score (nSPS) is 11.5. The average Bonchev–Trinajstić information content (AvgIpc) is 3.35. The molecule has 4 rings (SSSR count). The van der Waals surface area contributed by atoms with Crippen LogP contribution < -0.4 is 10.2 Å². The Morgan fingerprint density at radius 1 is 1.06 bits per heavy atom. The summed E-state index contributed by atoms with van der Waals surface area (Å²) in [6.45, 7) is 2.30. The maximum Gasteiger partial charge on any atom is 0.289 e. The lowest BCUT2D eigenvalue weighted by atomic mass is 10.1. The fourth-order valence-electron chi connectivity index (χ4n) is 3.19. The first kappa shape index (κ1) is 23.0. The standard InChI is InChI=1S/C27H23ClN4O2/c1-19(15-20-7-3-2-4-8-20)17-29-32-27(33)26-16-25(30-31-26)21-11-13-23(14-12-21)34-18-22-9-5-6-10-24(22)28/h2-17H,18H2,1H3,(H,30,31)(H,32,33). The molecule has 3 aromatic carbocycles. The highest BCUT2D eigenvalue weighted by molar-refractivity contribution is 6.31. The minimum atomic E-state index is -0.373. The third-order valence-corrected chi connectivity index (χ3v) is 5.32. The lowest BCUT2D eigenvalue weighted by Crippen LogP contribution is -2.17. The summed E-state index contributed by atoms with van der Waals surface area (Å²) in [5.74, 6) is 0.340. The van der Waals surface area contributed by atoms with Crippen molar-refractivity contribution in [3.05, 3.63) is 112 Å². The van der Waals surface area contributed by atoms with E-state index in [0.717, 1.165) is 22.3 Å². The summed E-state index contributed by atoms with van der Waals surface area (Å²) >= 11 is 6.17. The number of nitrogens with zero attached hydrogens (tertiary/aromatic N) is 2. The SMILES string of the molecule is CC(C=NNC(=O)c1cc(-c2ccc(OCc3ccccc3Cl)cc2)n[nH]1)=Cc1ccccc1. The van der Waals surface area contributed by atoms with Crippen molar-refractivity contribution in [3.63, 3.8) is 0 Å². The van der Waals surface area contributed by atoms with Gasteiger partial charge in [0.05, 0.1) is 11.9 Å². The van der Waals surface area contributed by atoms with Crippen LogP contribution in [0.2, 0.25) is 5.02 Å². The number of amides is 1. The highest BCUT2D eigenvalue weighted by Crippen LogP contribution is 2.23. The minimum absolute atomic E-state index is 0.316. The second-order valence-corrected chi connectivity index (χ2v) is 7.98. The molecule has 4 aromatic rings. The van der Waals surface area contributed by atoms with Crippen molar-refractivity contribution >= 4 is 29.8 Å². The molecule has 0 spiro atoms. The minimum Gasteiger partial charge on any atom is -0.489 e. The molecule has 1 aromatic heterocycles. The monoisotopic (exact) mass is 470 g/mol. The molecular formula is C27H23ClN4O2. The zero-order chi connectivity index (χ0) is 23.8. The van der Waals surface area contributed by atoms with Crippen LogP contribution in [0.15, 0.2) is 95.6 Å². The summed E-state index contributed by atoms with van der Waals surface area (Å²) < 4.78 is 5.81. The molecule has 1 amide bonds. The van der Waals surface area contributed by atoms with E-state index >= 15 is 0 Å². The van der Waals surface area contributed by atoms with Gasteiger partial charge >= 0.3 is 0 Å². The van der Waals surface area contributed by atoms with Crippen LogP contribution in [0.5, 0.6) is 5.75 Å². The van der Waals surface area contributed by atoms with Gasteiger partial charge in [-0.3, -0.25) is 9.89 Å². The predicted molar refractivity (Wildman–Crippen MR) is 136 cm³/mol. The van der Waals surface area contributed by atoms with Gasteiger partial charge in [-0.1, -0.05) is 66.2 Å². The van der Waals surface area contributed by atoms with Gasteiger partial charge < -0.3 is 4.74 Å². The van der Waals surface area contributed by atoms with Gasteiger partial charge in [0, 0.05) is 16.1 Å². The smallest absolute Gasteiger partial charge is 0.289 e. The van der Waals surface area contributed by atoms with Crippen LogP contribution in [-0.4, -0.2) is 22.3 Å². The quantitative estimate of drug-likeness (QED) is 0.240. The molecule has 0 saturated heterocycles. The number of carbonyl (C=O) groups is 1. The van der Waals surface area contributed by atoms with E-state index in [4.69, 9.17) is 16.3 Å². The summed E-state index contributed by atoms with van der Waals surface area (Å²) in [7, 11) is 0. The van der Waals surface area contributed by atoms with Crippen molar-refractivity contribution < 1.29 is 9.53 Å². The third-order valence-electron chi connectivity index (χ3n) is 4.95. The summed E-state index contributed by atoms with van der Waals surface area (Å²) in [4.78, 5) is 12.4. The Morgan fingerprint density at radius 3 is 2.56 bits per heavy atom. The molecule has 0 bridgehead atoms. The molecule has 0 aliphatic heterocycles. The summed E-state index contributed by atoms with van der Waals surface area (Å²) in [5, 5.41) is 11.7. The van der Waals surface area contributed by atoms with E-state index < -0.39 is 0 Å². The van der Waals surface area contributed by atoms with E-state index in [0.29, 0.717) is 28.8 Å². The van der Waals surface area contributed by atoms with Gasteiger partial charge in [-0.15, -0.1) is 0 Å². The Bertz CT molecular complexity index is 1310. The lowest BCUT2D eigenvalue weighted by Gasteiger charge is -2.08. The van der Waals surface area contributed by atoms with Crippen molar-refractivity contribution in [1.29, 1.82) is 0 Å². The Hall–Kier alpha value is -4.16. The van der Waals surface area contributed by atoms with Crippen molar-refractivity contribution in [2.24, 2.45) is 5.10 Å². The fraction of sp³-hybridized carbons (Fsp3) is 0.0741. The third kappa shape index (κ3) is 6.21. The number of aromatic nitrogens is 2. The summed E-state index contributed by atoms with van der Waals surface area (Å²) in [6.07, 6.45) is 3.58. The van der Waals surface area contributed by atoms with E-state index in [2.05, 4.69) is 20.7 Å². The molecule has 6 nitrogen and oxygen atoms in total. The van der Waals surface area contributed by atoms with Crippen molar-refractivity contribution in [3.8, 4) is 17.0 Å². The number of allylic oxidation sites excluding steroid dienone is 1. The first-order chi connectivity index (χ1) is 16.6. The van der Waals surface area contributed by atoms with E-state index in [1.165, 1.54) is 0 Å². The molecule has 170 valence electrons. The Kier molecular flexibility index (Phi) is 7.53. The average molecular weight is 471 g/mol. The van der Waals surface area contributed by atoms with E-state index in [-0.39, 0.29) is 5.91 Å². The van der Waals surface area contributed by atoms with Crippen LogP contribution in [0.4, 0.5) is 0 Å². The number of hydrogen-bond donors (Lipinski definition) is 2. The van der Waals surface area contributed by atoms with Crippen LogP contribution >= 0.6 is 11.6 Å². The molecule has 0 unspecified atom stereocenters. The Morgan fingerprint density at radius 2 is 1.79 bits per heavy atom. The van der Waals surface area contributed by atoms with Crippen LogP contribution in [0.3, 0.4) is 0 Å². The highest BCUT2D eigenvalue weighted by atomic mass is 35.5. The summed E-state index contributed by atoms with van der Waals surface area (Å²) in [5.41, 5.74) is 7.23. The van der Waals surface area contributed by atoms with Crippen LogP contribution in [-0.2, 0) is 6.61 Å². The number of hydrogen-bond acceptors (Lipinski definition) is 4. The zero-order valence-electron chi connectivity index (χ0n) is 18.5. The first-order valence-corrected chi connectivity index (χ1v) is 11.0. The van der Waals surface area contributed by atoms with Crippen molar-refractivity contribution in [2.45, 2.75) is 13.5 Å². The van der Waals surface area contributed by atoms with Crippen molar-refractivity contribution in [2.75, 3.05) is 0 Å². The van der Waals surface area contributed by atoms with Crippen LogP contribution in [0.1, 0.15) is 28.5 Å². The molecular weight excluding hydrogens is 448 g/mol. The molecule has 1 heterocycles.